The molecule has 5 heteroatoms. The molecule has 104 valence electrons. The minimum absolute atomic E-state index is 0.190. The lowest BCUT2D eigenvalue weighted by atomic mass is 10.1. The standard InChI is InChI=1S/C15H15NO4/c1-18-12-4-2-11(3-5-12)16-8-10-6-14-15(7-13(10)17)20-9-19-14/h2-7,16-17H,8-9H2,1H3. The zero-order valence-corrected chi connectivity index (χ0v) is 11.1. The van der Waals surface area contributed by atoms with Crippen LogP contribution in [-0.2, 0) is 6.54 Å². The van der Waals surface area contributed by atoms with E-state index < -0.39 is 0 Å². The Bertz CT molecular complexity index is 610. The SMILES string of the molecule is COc1ccc(NCc2cc3c(cc2O)OCO3)cc1. The van der Waals surface area contributed by atoms with Crippen molar-refractivity contribution in [3.8, 4) is 23.0 Å². The van der Waals surface area contributed by atoms with Crippen molar-refractivity contribution >= 4 is 5.69 Å². The van der Waals surface area contributed by atoms with Gasteiger partial charge in [-0.1, -0.05) is 0 Å². The molecule has 3 rings (SSSR count). The molecule has 5 nitrogen and oxygen atoms in total. The molecule has 0 saturated carbocycles. The third kappa shape index (κ3) is 2.42. The van der Waals surface area contributed by atoms with Crippen molar-refractivity contribution in [1.82, 2.24) is 0 Å². The average Bonchev–Trinajstić information content (AvgIpc) is 2.92. The molecule has 2 N–H and O–H groups in total. The highest BCUT2D eigenvalue weighted by atomic mass is 16.7. The van der Waals surface area contributed by atoms with Crippen LogP contribution in [0.5, 0.6) is 23.0 Å². The number of aromatic hydroxyl groups is 1. The van der Waals surface area contributed by atoms with Crippen LogP contribution in [0.1, 0.15) is 5.56 Å². The van der Waals surface area contributed by atoms with Crippen molar-refractivity contribution in [3.05, 3.63) is 42.0 Å². The Hall–Kier alpha value is -2.56. The number of anilines is 1. The second-order valence-electron chi connectivity index (χ2n) is 4.42. The third-order valence-electron chi connectivity index (χ3n) is 3.15. The smallest absolute Gasteiger partial charge is 0.231 e. The van der Waals surface area contributed by atoms with Crippen LogP contribution in [0.3, 0.4) is 0 Å². The fourth-order valence-corrected chi connectivity index (χ4v) is 2.02. The van der Waals surface area contributed by atoms with E-state index in [-0.39, 0.29) is 12.5 Å². The molecule has 0 bridgehead atoms. The van der Waals surface area contributed by atoms with Crippen LogP contribution in [0.25, 0.3) is 0 Å². The van der Waals surface area contributed by atoms with Gasteiger partial charge in [0, 0.05) is 23.9 Å². The number of phenolic OH excluding ortho intramolecular Hbond substituents is 1. The van der Waals surface area contributed by atoms with Gasteiger partial charge in [0.05, 0.1) is 7.11 Å². The van der Waals surface area contributed by atoms with Crippen LogP contribution in [0.15, 0.2) is 36.4 Å². The van der Waals surface area contributed by atoms with Gasteiger partial charge in [0.15, 0.2) is 11.5 Å². The molecule has 0 atom stereocenters. The summed E-state index contributed by atoms with van der Waals surface area (Å²) in [4.78, 5) is 0. The van der Waals surface area contributed by atoms with Gasteiger partial charge in [-0.25, -0.2) is 0 Å². The van der Waals surface area contributed by atoms with Crippen LogP contribution in [0.4, 0.5) is 5.69 Å². The molecule has 1 aliphatic heterocycles. The topological polar surface area (TPSA) is 60.0 Å². The molecule has 0 radical (unpaired) electrons. The number of fused-ring (bicyclic) bond motifs is 1. The summed E-state index contributed by atoms with van der Waals surface area (Å²) in [6.07, 6.45) is 0. The molecule has 0 aliphatic carbocycles. The number of benzene rings is 2. The minimum Gasteiger partial charge on any atom is -0.507 e. The zero-order chi connectivity index (χ0) is 13.9. The second-order valence-corrected chi connectivity index (χ2v) is 4.42. The minimum atomic E-state index is 0.190. The Kier molecular flexibility index (Phi) is 3.25. The van der Waals surface area contributed by atoms with Crippen molar-refractivity contribution in [2.45, 2.75) is 6.54 Å². The van der Waals surface area contributed by atoms with Crippen LogP contribution in [0, 0.1) is 0 Å². The van der Waals surface area contributed by atoms with E-state index in [1.54, 1.807) is 19.2 Å². The fraction of sp³-hybridized carbons (Fsp3) is 0.200. The quantitative estimate of drug-likeness (QED) is 0.897. The first kappa shape index (κ1) is 12.5. The van der Waals surface area contributed by atoms with Crippen LogP contribution in [0.2, 0.25) is 0 Å². The number of hydrogen-bond donors (Lipinski definition) is 2. The molecule has 2 aromatic rings. The number of hydrogen-bond acceptors (Lipinski definition) is 5. The van der Waals surface area contributed by atoms with Crippen molar-refractivity contribution in [3.63, 3.8) is 0 Å². The van der Waals surface area contributed by atoms with E-state index in [9.17, 15) is 5.11 Å². The number of nitrogens with one attached hydrogen (secondary N) is 1. The zero-order valence-electron chi connectivity index (χ0n) is 11.1. The summed E-state index contributed by atoms with van der Waals surface area (Å²) < 4.78 is 15.6. The highest BCUT2D eigenvalue weighted by Gasteiger charge is 2.16. The molecule has 0 fully saturated rings. The Morgan fingerprint density at radius 3 is 2.55 bits per heavy atom. The highest BCUT2D eigenvalue weighted by Crippen LogP contribution is 2.37. The van der Waals surface area contributed by atoms with E-state index in [4.69, 9.17) is 14.2 Å². The molecular formula is C15H15NO4. The summed E-state index contributed by atoms with van der Waals surface area (Å²) in [5, 5.41) is 13.2. The number of phenols is 1. The predicted molar refractivity (Wildman–Crippen MR) is 74.6 cm³/mol. The van der Waals surface area contributed by atoms with Gasteiger partial charge in [-0.3, -0.25) is 0 Å². The van der Waals surface area contributed by atoms with Gasteiger partial charge in [-0.2, -0.15) is 0 Å². The van der Waals surface area contributed by atoms with E-state index in [2.05, 4.69) is 5.32 Å². The molecule has 0 unspecified atom stereocenters. The molecule has 0 amide bonds. The highest BCUT2D eigenvalue weighted by molar-refractivity contribution is 5.53. The van der Waals surface area contributed by atoms with E-state index in [0.29, 0.717) is 18.0 Å². The van der Waals surface area contributed by atoms with E-state index >= 15 is 0 Å². The lowest BCUT2D eigenvalue weighted by Crippen LogP contribution is -1.99. The van der Waals surface area contributed by atoms with Gasteiger partial charge in [0.25, 0.3) is 0 Å². The Morgan fingerprint density at radius 1 is 1.15 bits per heavy atom. The number of ether oxygens (including phenoxy) is 3. The predicted octanol–water partition coefficient (Wildman–Crippen LogP) is 2.74. The average molecular weight is 273 g/mol. The normalized spacial score (nSPS) is 12.2. The summed E-state index contributed by atoms with van der Waals surface area (Å²) >= 11 is 0. The molecule has 1 aliphatic rings. The number of methoxy groups -OCH3 is 1. The molecule has 0 aromatic heterocycles. The Balaban J connectivity index is 1.71. The van der Waals surface area contributed by atoms with Crippen molar-refractivity contribution in [2.75, 3.05) is 19.2 Å². The summed E-state index contributed by atoms with van der Waals surface area (Å²) in [7, 11) is 1.63. The maximum Gasteiger partial charge on any atom is 0.231 e. The van der Waals surface area contributed by atoms with Crippen LogP contribution >= 0.6 is 0 Å². The van der Waals surface area contributed by atoms with E-state index in [1.807, 2.05) is 24.3 Å². The van der Waals surface area contributed by atoms with E-state index in [1.165, 1.54) is 0 Å². The molecule has 0 saturated heterocycles. The van der Waals surface area contributed by atoms with Crippen LogP contribution in [-0.4, -0.2) is 19.0 Å². The maximum atomic E-state index is 9.94. The van der Waals surface area contributed by atoms with Gasteiger partial charge in [0.1, 0.15) is 11.5 Å². The first-order valence-corrected chi connectivity index (χ1v) is 6.25. The first-order chi connectivity index (χ1) is 9.76. The summed E-state index contributed by atoms with van der Waals surface area (Å²) in [5.74, 6) is 2.24. The monoisotopic (exact) mass is 273 g/mol. The molecular weight excluding hydrogens is 258 g/mol. The summed E-state index contributed by atoms with van der Waals surface area (Å²) in [6, 6.07) is 11.0. The van der Waals surface area contributed by atoms with Gasteiger partial charge in [-0.15, -0.1) is 0 Å². The third-order valence-corrected chi connectivity index (χ3v) is 3.15. The Labute approximate surface area is 116 Å². The van der Waals surface area contributed by atoms with Gasteiger partial charge >= 0.3 is 0 Å². The van der Waals surface area contributed by atoms with Crippen molar-refractivity contribution in [1.29, 1.82) is 0 Å². The lowest BCUT2D eigenvalue weighted by molar-refractivity contribution is 0.174. The number of rotatable bonds is 4. The van der Waals surface area contributed by atoms with E-state index in [0.717, 1.165) is 17.0 Å². The largest absolute Gasteiger partial charge is 0.507 e. The Morgan fingerprint density at radius 2 is 1.85 bits per heavy atom. The summed E-state index contributed by atoms with van der Waals surface area (Å²) in [5.41, 5.74) is 1.70. The maximum absolute atomic E-state index is 9.94. The molecule has 20 heavy (non-hydrogen) atoms. The second kappa shape index (κ2) is 5.21. The lowest BCUT2D eigenvalue weighted by Gasteiger charge is -2.09. The van der Waals surface area contributed by atoms with Crippen molar-refractivity contribution < 1.29 is 19.3 Å². The van der Waals surface area contributed by atoms with Gasteiger partial charge < -0.3 is 24.6 Å². The fourth-order valence-electron chi connectivity index (χ4n) is 2.02. The molecule has 1 heterocycles. The summed E-state index contributed by atoms with van der Waals surface area (Å²) in [6.45, 7) is 0.693. The molecule has 0 spiro atoms. The van der Waals surface area contributed by atoms with Gasteiger partial charge in [-0.05, 0) is 30.3 Å². The first-order valence-electron chi connectivity index (χ1n) is 6.25. The molecule has 2 aromatic carbocycles. The van der Waals surface area contributed by atoms with Crippen LogP contribution < -0.4 is 19.5 Å². The van der Waals surface area contributed by atoms with Crippen molar-refractivity contribution in [2.24, 2.45) is 0 Å². The van der Waals surface area contributed by atoms with Gasteiger partial charge in [0.2, 0.25) is 6.79 Å².